The molecule has 1 spiro atoms. The summed E-state index contributed by atoms with van der Waals surface area (Å²) in [7, 11) is 0. The first-order valence-corrected chi connectivity index (χ1v) is 14.2. The van der Waals surface area contributed by atoms with E-state index in [2.05, 4.69) is 23.2 Å². The number of para-hydroxylation sites is 2. The van der Waals surface area contributed by atoms with E-state index in [4.69, 9.17) is 0 Å². The SMILES string of the molecule is CCCc1ccc(C(=O)[C@H]2[C@@H](C(=O)C(C)(C)C)N3c4ccccc4C(C)=C[C@@H]3[C@]23C(=O)Nc2ccccc23)cc1. The smallest absolute Gasteiger partial charge is 0.238 e. The molecule has 0 radical (unpaired) electrons. The molecule has 40 heavy (non-hydrogen) atoms. The number of amides is 1. The third-order valence-electron chi connectivity index (χ3n) is 8.95. The van der Waals surface area contributed by atoms with Crippen molar-refractivity contribution >= 4 is 34.4 Å². The summed E-state index contributed by atoms with van der Waals surface area (Å²) in [6.07, 6.45) is 4.05. The van der Waals surface area contributed by atoms with E-state index < -0.39 is 28.8 Å². The Labute approximate surface area is 236 Å². The minimum Gasteiger partial charge on any atom is -0.352 e. The number of fused-ring (bicyclic) bond motifs is 6. The molecule has 0 aromatic heterocycles. The van der Waals surface area contributed by atoms with Gasteiger partial charge >= 0.3 is 0 Å². The van der Waals surface area contributed by atoms with Crippen LogP contribution < -0.4 is 10.2 Å². The van der Waals surface area contributed by atoms with Gasteiger partial charge in [0.05, 0.1) is 12.0 Å². The average Bonchev–Trinajstić information content (AvgIpc) is 3.40. The van der Waals surface area contributed by atoms with Gasteiger partial charge in [-0.25, -0.2) is 0 Å². The van der Waals surface area contributed by atoms with Gasteiger partial charge in [0.25, 0.3) is 0 Å². The maximum atomic E-state index is 14.8. The molecule has 204 valence electrons. The van der Waals surface area contributed by atoms with E-state index >= 15 is 0 Å². The first kappa shape index (κ1) is 26.2. The van der Waals surface area contributed by atoms with Crippen LogP contribution in [0.3, 0.4) is 0 Å². The van der Waals surface area contributed by atoms with Crippen LogP contribution in [-0.2, 0) is 21.4 Å². The molecule has 0 bridgehead atoms. The second-order valence-electron chi connectivity index (χ2n) is 12.4. The molecule has 1 amide bonds. The number of ketones is 2. The fraction of sp³-hybridized carbons (Fsp3) is 0.343. The molecule has 3 heterocycles. The van der Waals surface area contributed by atoms with Crippen LogP contribution in [0.25, 0.3) is 5.57 Å². The Morgan fingerprint density at radius 3 is 2.33 bits per heavy atom. The monoisotopic (exact) mass is 532 g/mol. The minimum absolute atomic E-state index is 0.0461. The van der Waals surface area contributed by atoms with Gasteiger partial charge in [0.15, 0.2) is 11.6 Å². The molecule has 1 saturated heterocycles. The summed E-state index contributed by atoms with van der Waals surface area (Å²) in [5.74, 6) is -1.36. The number of hydrogen-bond donors (Lipinski definition) is 1. The van der Waals surface area contributed by atoms with Gasteiger partial charge in [0, 0.05) is 27.9 Å². The molecular formula is C35H36N2O3. The summed E-state index contributed by atoms with van der Waals surface area (Å²) >= 11 is 0. The van der Waals surface area contributed by atoms with Gasteiger partial charge in [0.1, 0.15) is 11.5 Å². The Balaban J connectivity index is 1.66. The van der Waals surface area contributed by atoms with Crippen LogP contribution in [0, 0.1) is 11.3 Å². The Morgan fingerprint density at radius 1 is 0.950 bits per heavy atom. The lowest BCUT2D eigenvalue weighted by Gasteiger charge is -2.39. The lowest BCUT2D eigenvalue weighted by Crippen LogP contribution is -2.51. The number of rotatable bonds is 5. The summed E-state index contributed by atoms with van der Waals surface area (Å²) in [5, 5.41) is 3.10. The normalized spacial score (nSPS) is 24.7. The first-order valence-electron chi connectivity index (χ1n) is 14.2. The fourth-order valence-electron chi connectivity index (χ4n) is 7.13. The number of carbonyl (C=O) groups is 3. The van der Waals surface area contributed by atoms with E-state index in [9.17, 15) is 14.4 Å². The van der Waals surface area contributed by atoms with Crippen LogP contribution in [0.15, 0.2) is 78.9 Å². The van der Waals surface area contributed by atoms with Crippen LogP contribution in [0.2, 0.25) is 0 Å². The van der Waals surface area contributed by atoms with Gasteiger partial charge < -0.3 is 10.2 Å². The van der Waals surface area contributed by atoms with Crippen LogP contribution in [-0.4, -0.2) is 29.6 Å². The Bertz CT molecular complexity index is 1560. The summed E-state index contributed by atoms with van der Waals surface area (Å²) in [4.78, 5) is 45.8. The zero-order chi connectivity index (χ0) is 28.4. The average molecular weight is 533 g/mol. The molecule has 6 rings (SSSR count). The van der Waals surface area contributed by atoms with Crippen molar-refractivity contribution < 1.29 is 14.4 Å². The highest BCUT2D eigenvalue weighted by Gasteiger charge is 2.71. The lowest BCUT2D eigenvalue weighted by molar-refractivity contribution is -0.128. The third kappa shape index (κ3) is 3.63. The van der Waals surface area contributed by atoms with Crippen molar-refractivity contribution in [2.45, 2.75) is 65.0 Å². The zero-order valence-electron chi connectivity index (χ0n) is 23.8. The van der Waals surface area contributed by atoms with Crippen molar-refractivity contribution in [3.63, 3.8) is 0 Å². The molecule has 3 aliphatic rings. The molecule has 5 heteroatoms. The van der Waals surface area contributed by atoms with E-state index in [0.717, 1.165) is 40.8 Å². The predicted molar refractivity (Wildman–Crippen MR) is 160 cm³/mol. The standard InChI is InChI=1S/C35H36N2O3/c1-6-11-22-16-18-23(19-17-22)31(38)29-30(32(39)34(3,4)5)37-27-15-10-7-12-24(27)21(2)20-28(37)35(29)25-13-8-9-14-26(25)36-33(35)40/h7-10,12-20,28-30H,6,11H2,1-5H3,(H,36,40)/t28-,29-,30+,35+/m1/s1. The maximum Gasteiger partial charge on any atom is 0.238 e. The van der Waals surface area contributed by atoms with Crippen molar-refractivity contribution in [2.24, 2.45) is 11.3 Å². The number of aryl methyl sites for hydroxylation is 1. The Hall–Kier alpha value is -3.99. The van der Waals surface area contributed by atoms with Crippen LogP contribution >= 0.6 is 0 Å². The molecule has 3 aromatic carbocycles. The van der Waals surface area contributed by atoms with Crippen LogP contribution in [0.1, 0.15) is 68.1 Å². The van der Waals surface area contributed by atoms with Crippen molar-refractivity contribution in [1.29, 1.82) is 0 Å². The summed E-state index contributed by atoms with van der Waals surface area (Å²) in [5.41, 5.74) is 4.12. The number of benzene rings is 3. The molecule has 0 saturated carbocycles. The van der Waals surface area contributed by atoms with E-state index in [1.807, 2.05) is 100 Å². The molecule has 3 aliphatic heterocycles. The topological polar surface area (TPSA) is 66.5 Å². The molecule has 4 atom stereocenters. The van der Waals surface area contributed by atoms with Gasteiger partial charge in [-0.1, -0.05) is 101 Å². The number of allylic oxidation sites excluding steroid dienone is 1. The van der Waals surface area contributed by atoms with Crippen molar-refractivity contribution in [3.05, 3.63) is 101 Å². The molecule has 3 aromatic rings. The highest BCUT2D eigenvalue weighted by molar-refractivity contribution is 6.17. The number of anilines is 2. The van der Waals surface area contributed by atoms with Gasteiger partial charge in [-0.3, -0.25) is 14.4 Å². The molecular weight excluding hydrogens is 496 g/mol. The third-order valence-corrected chi connectivity index (χ3v) is 8.95. The number of nitrogens with one attached hydrogen (secondary N) is 1. The van der Waals surface area contributed by atoms with Gasteiger partial charge in [-0.05, 0) is 42.2 Å². The number of carbonyl (C=O) groups excluding carboxylic acids is 3. The molecule has 0 unspecified atom stereocenters. The largest absolute Gasteiger partial charge is 0.352 e. The minimum atomic E-state index is -1.27. The predicted octanol–water partition coefficient (Wildman–Crippen LogP) is 6.62. The van der Waals surface area contributed by atoms with Crippen LogP contribution in [0.5, 0.6) is 0 Å². The molecule has 0 aliphatic carbocycles. The Kier molecular flexibility index (Phi) is 6.10. The van der Waals surface area contributed by atoms with E-state index in [1.54, 1.807) is 0 Å². The van der Waals surface area contributed by atoms with E-state index in [1.165, 1.54) is 0 Å². The first-order chi connectivity index (χ1) is 19.1. The molecule has 5 nitrogen and oxygen atoms in total. The molecule has 1 fully saturated rings. The van der Waals surface area contributed by atoms with Crippen molar-refractivity contribution in [3.8, 4) is 0 Å². The van der Waals surface area contributed by atoms with Gasteiger partial charge in [0.2, 0.25) is 5.91 Å². The van der Waals surface area contributed by atoms with Crippen molar-refractivity contribution in [1.82, 2.24) is 0 Å². The van der Waals surface area contributed by atoms with Gasteiger partial charge in [-0.2, -0.15) is 0 Å². The maximum absolute atomic E-state index is 14.8. The van der Waals surface area contributed by atoms with Gasteiger partial charge in [-0.15, -0.1) is 0 Å². The summed E-state index contributed by atoms with van der Waals surface area (Å²) < 4.78 is 0. The number of Topliss-reactive ketones (excluding diaryl/α,β-unsaturated/α-hetero) is 2. The highest BCUT2D eigenvalue weighted by Crippen LogP contribution is 2.59. The lowest BCUT2D eigenvalue weighted by atomic mass is 9.63. The quantitative estimate of drug-likeness (QED) is 0.375. The van der Waals surface area contributed by atoms with Crippen molar-refractivity contribution in [2.75, 3.05) is 10.2 Å². The van der Waals surface area contributed by atoms with E-state index in [-0.39, 0.29) is 17.5 Å². The number of nitrogens with zero attached hydrogens (tertiary/aromatic N) is 1. The second kappa shape index (κ2) is 9.29. The summed E-state index contributed by atoms with van der Waals surface area (Å²) in [6, 6.07) is 22.0. The number of hydrogen-bond acceptors (Lipinski definition) is 4. The zero-order valence-corrected chi connectivity index (χ0v) is 23.8. The molecule has 1 N–H and O–H groups in total. The fourth-order valence-corrected chi connectivity index (χ4v) is 7.13. The Morgan fingerprint density at radius 2 is 1.62 bits per heavy atom. The van der Waals surface area contributed by atoms with E-state index in [0.29, 0.717) is 11.3 Å². The second-order valence-corrected chi connectivity index (χ2v) is 12.4. The highest BCUT2D eigenvalue weighted by atomic mass is 16.2. The van der Waals surface area contributed by atoms with Crippen LogP contribution in [0.4, 0.5) is 11.4 Å². The summed E-state index contributed by atoms with van der Waals surface area (Å²) in [6.45, 7) is 9.87.